The van der Waals surface area contributed by atoms with Crippen LogP contribution in [0.3, 0.4) is 0 Å². The molecule has 13 nitrogen and oxygen atoms in total. The van der Waals surface area contributed by atoms with Gasteiger partial charge in [-0.3, -0.25) is 9.59 Å². The number of phenolic OH excluding ortho intramolecular Hbond substituents is 1. The van der Waals surface area contributed by atoms with Gasteiger partial charge in [-0.15, -0.1) is 0 Å². The van der Waals surface area contributed by atoms with Crippen molar-refractivity contribution in [2.45, 2.75) is 45.0 Å². The van der Waals surface area contributed by atoms with E-state index in [1.165, 1.54) is 32.0 Å². The van der Waals surface area contributed by atoms with Crippen LogP contribution in [0, 0.1) is 0 Å². The molecular weight excluding hydrogens is 512 g/mol. The molecule has 13 heteroatoms. The van der Waals surface area contributed by atoms with Crippen LogP contribution in [0.5, 0.6) is 5.75 Å². The number of rotatable bonds is 12. The van der Waals surface area contributed by atoms with Gasteiger partial charge < -0.3 is 40.8 Å². The summed E-state index contributed by atoms with van der Waals surface area (Å²) >= 11 is 0. The fourth-order valence-corrected chi connectivity index (χ4v) is 3.40. The summed E-state index contributed by atoms with van der Waals surface area (Å²) in [6.45, 7) is 2.08. The highest BCUT2D eigenvalue weighted by molar-refractivity contribution is 6.01. The zero-order valence-electron chi connectivity index (χ0n) is 21.7. The molecule has 0 saturated heterocycles. The molecule has 0 bridgehead atoms. The van der Waals surface area contributed by atoms with E-state index in [9.17, 15) is 29.4 Å². The molecule has 2 aromatic rings. The number of methoxy groups -OCH3 is 1. The Hall–Kier alpha value is -4.65. The lowest BCUT2D eigenvalue weighted by atomic mass is 10.00. The molecule has 0 radical (unpaired) electrons. The third-order valence-corrected chi connectivity index (χ3v) is 5.60. The van der Waals surface area contributed by atoms with E-state index in [1.54, 1.807) is 24.3 Å². The van der Waals surface area contributed by atoms with E-state index >= 15 is 0 Å². The van der Waals surface area contributed by atoms with Crippen LogP contribution < -0.4 is 16.0 Å². The monoisotopic (exact) mass is 544 g/mol. The van der Waals surface area contributed by atoms with Crippen LogP contribution in [0.2, 0.25) is 0 Å². The van der Waals surface area contributed by atoms with Crippen molar-refractivity contribution < 1.29 is 44.1 Å². The minimum absolute atomic E-state index is 0.0120. The number of alkyl carbamates (subject to hydrolysis) is 1. The van der Waals surface area contributed by atoms with Crippen LogP contribution in [0.4, 0.5) is 4.79 Å². The predicted molar refractivity (Wildman–Crippen MR) is 138 cm³/mol. The van der Waals surface area contributed by atoms with Crippen molar-refractivity contribution in [3.63, 3.8) is 0 Å². The number of phenols is 1. The van der Waals surface area contributed by atoms with Crippen LogP contribution in [0.1, 0.15) is 30.5 Å². The molecule has 3 amide bonds. The number of aromatic hydroxyl groups is 1. The van der Waals surface area contributed by atoms with Gasteiger partial charge in [-0.2, -0.15) is 0 Å². The minimum Gasteiger partial charge on any atom is -0.507 e. The van der Waals surface area contributed by atoms with Crippen LogP contribution in [-0.4, -0.2) is 76.9 Å². The SMILES string of the molecule is COC(=O)[C@H](CO)NC(=O)[C@H](Cc1ccc(O)c(/C(C)=N/O)c1)NC(=O)[C@H](C)NC(=O)OCc1ccccc1. The summed E-state index contributed by atoms with van der Waals surface area (Å²) in [6, 6.07) is 9.41. The summed E-state index contributed by atoms with van der Waals surface area (Å²) in [5.74, 6) is -2.63. The van der Waals surface area contributed by atoms with Gasteiger partial charge in [0.25, 0.3) is 0 Å². The van der Waals surface area contributed by atoms with E-state index < -0.39 is 48.6 Å². The molecule has 0 aliphatic carbocycles. The van der Waals surface area contributed by atoms with Crippen molar-refractivity contribution >= 4 is 29.6 Å². The number of benzene rings is 2. The normalized spacial score (nSPS) is 13.4. The van der Waals surface area contributed by atoms with Gasteiger partial charge in [-0.1, -0.05) is 41.6 Å². The third kappa shape index (κ3) is 9.31. The Balaban J connectivity index is 2.17. The molecular formula is C26H32N4O9. The first-order valence-electron chi connectivity index (χ1n) is 11.9. The molecule has 0 aromatic heterocycles. The molecule has 0 spiro atoms. The van der Waals surface area contributed by atoms with Gasteiger partial charge in [-0.05, 0) is 37.1 Å². The second kappa shape index (κ2) is 14.9. The maximum atomic E-state index is 13.0. The van der Waals surface area contributed by atoms with E-state index in [2.05, 4.69) is 25.8 Å². The minimum atomic E-state index is -1.38. The number of esters is 1. The van der Waals surface area contributed by atoms with Gasteiger partial charge in [0.1, 0.15) is 24.4 Å². The van der Waals surface area contributed by atoms with Gasteiger partial charge in [0.15, 0.2) is 6.04 Å². The number of aliphatic hydroxyl groups is 1. The first kappa shape index (κ1) is 30.6. The fourth-order valence-electron chi connectivity index (χ4n) is 3.40. The summed E-state index contributed by atoms with van der Waals surface area (Å²) in [7, 11) is 1.09. The van der Waals surface area contributed by atoms with Gasteiger partial charge in [-0.25, -0.2) is 9.59 Å². The predicted octanol–water partition coefficient (Wildman–Crippen LogP) is 0.583. The molecule has 39 heavy (non-hydrogen) atoms. The second-order valence-corrected chi connectivity index (χ2v) is 8.50. The van der Waals surface area contributed by atoms with Crippen LogP contribution >= 0.6 is 0 Å². The Morgan fingerprint density at radius 2 is 1.62 bits per heavy atom. The number of amides is 3. The first-order chi connectivity index (χ1) is 18.6. The van der Waals surface area contributed by atoms with Crippen molar-refractivity contribution in [3.05, 3.63) is 65.2 Å². The molecule has 2 aromatic carbocycles. The molecule has 0 saturated carbocycles. The molecule has 210 valence electrons. The average molecular weight is 545 g/mol. The summed E-state index contributed by atoms with van der Waals surface area (Å²) in [5, 5.41) is 38.9. The summed E-state index contributed by atoms with van der Waals surface area (Å²) in [5.41, 5.74) is 1.50. The first-order valence-corrected chi connectivity index (χ1v) is 11.9. The van der Waals surface area contributed by atoms with E-state index in [4.69, 9.17) is 9.94 Å². The van der Waals surface area contributed by atoms with E-state index in [-0.39, 0.29) is 30.1 Å². The molecule has 2 rings (SSSR count). The zero-order chi connectivity index (χ0) is 28.9. The second-order valence-electron chi connectivity index (χ2n) is 8.50. The standard InChI is InChI=1S/C26H32N4O9/c1-15(30-37)19-11-18(9-10-22(19)32)12-20(24(34)29-21(13-31)25(35)38-3)28-23(33)16(2)27-26(36)39-14-17-7-5-4-6-8-17/h4-11,16,20-21,31-32,37H,12-14H2,1-3H3,(H,27,36)(H,28,33)(H,29,34)/b30-15+/t16-,20-,21-/m0/s1. The molecule has 0 fully saturated rings. The largest absolute Gasteiger partial charge is 0.507 e. The zero-order valence-corrected chi connectivity index (χ0v) is 21.7. The highest BCUT2D eigenvalue weighted by atomic mass is 16.5. The lowest BCUT2D eigenvalue weighted by Gasteiger charge is -2.23. The Morgan fingerprint density at radius 3 is 2.23 bits per heavy atom. The van der Waals surface area contributed by atoms with Crippen molar-refractivity contribution in [2.75, 3.05) is 13.7 Å². The topological polar surface area (TPSA) is 196 Å². The molecule has 0 aliphatic rings. The van der Waals surface area contributed by atoms with Gasteiger partial charge in [0, 0.05) is 12.0 Å². The molecule has 0 unspecified atom stereocenters. The number of hydrogen-bond acceptors (Lipinski definition) is 10. The number of ether oxygens (including phenoxy) is 2. The van der Waals surface area contributed by atoms with Crippen LogP contribution in [0.25, 0.3) is 0 Å². The van der Waals surface area contributed by atoms with E-state index in [1.807, 2.05) is 6.07 Å². The molecule has 6 N–H and O–H groups in total. The number of nitrogens with zero attached hydrogens (tertiary/aromatic N) is 1. The van der Waals surface area contributed by atoms with E-state index in [0.717, 1.165) is 12.7 Å². The van der Waals surface area contributed by atoms with Crippen molar-refractivity contribution in [3.8, 4) is 5.75 Å². The number of aliphatic hydroxyl groups excluding tert-OH is 1. The van der Waals surface area contributed by atoms with E-state index in [0.29, 0.717) is 5.56 Å². The highest BCUT2D eigenvalue weighted by Crippen LogP contribution is 2.20. The highest BCUT2D eigenvalue weighted by Gasteiger charge is 2.29. The number of oxime groups is 1. The summed E-state index contributed by atoms with van der Waals surface area (Å²) in [6.07, 6.45) is -0.982. The lowest BCUT2D eigenvalue weighted by molar-refractivity contribution is -0.146. The summed E-state index contributed by atoms with van der Waals surface area (Å²) < 4.78 is 9.68. The molecule has 0 heterocycles. The Labute approximate surface area is 224 Å². The number of carbonyl (C=O) groups excluding carboxylic acids is 4. The van der Waals surface area contributed by atoms with Crippen molar-refractivity contribution in [2.24, 2.45) is 5.16 Å². The lowest BCUT2D eigenvalue weighted by Crippen LogP contribution is -2.56. The molecule has 3 atom stereocenters. The Morgan fingerprint density at radius 1 is 0.949 bits per heavy atom. The average Bonchev–Trinajstić information content (AvgIpc) is 2.94. The van der Waals surface area contributed by atoms with Gasteiger partial charge in [0.2, 0.25) is 11.8 Å². The maximum absolute atomic E-state index is 13.0. The number of nitrogens with one attached hydrogen (secondary N) is 3. The summed E-state index contributed by atoms with van der Waals surface area (Å²) in [4.78, 5) is 50.0. The van der Waals surface area contributed by atoms with Crippen molar-refractivity contribution in [1.29, 1.82) is 0 Å². The van der Waals surface area contributed by atoms with Crippen molar-refractivity contribution in [1.82, 2.24) is 16.0 Å². The number of carbonyl (C=O) groups is 4. The van der Waals surface area contributed by atoms with Gasteiger partial charge in [0.05, 0.1) is 19.4 Å². The van der Waals surface area contributed by atoms with Crippen LogP contribution in [-0.2, 0) is 36.9 Å². The Bertz CT molecular complexity index is 1190. The fraction of sp³-hybridized carbons (Fsp3) is 0.346. The van der Waals surface area contributed by atoms with Gasteiger partial charge >= 0.3 is 12.1 Å². The molecule has 0 aliphatic heterocycles. The number of hydrogen-bond donors (Lipinski definition) is 6. The quantitative estimate of drug-likeness (QED) is 0.0958. The smallest absolute Gasteiger partial charge is 0.408 e. The maximum Gasteiger partial charge on any atom is 0.408 e. The Kier molecular flexibility index (Phi) is 11.7. The third-order valence-electron chi connectivity index (χ3n) is 5.60. The van der Waals surface area contributed by atoms with Crippen LogP contribution in [0.15, 0.2) is 53.7 Å².